The van der Waals surface area contributed by atoms with E-state index < -0.39 is 11.9 Å². The monoisotopic (exact) mass is 136 g/mol. The molecule has 0 aromatic rings. The maximum absolute atomic E-state index is 11.8. The lowest BCUT2D eigenvalue weighted by Gasteiger charge is -1.88. The van der Waals surface area contributed by atoms with Crippen LogP contribution in [-0.2, 0) is 0 Å². The summed E-state index contributed by atoms with van der Waals surface area (Å²) in [4.78, 5) is 0. The van der Waals surface area contributed by atoms with Gasteiger partial charge >= 0.3 is 6.08 Å². The topological polar surface area (TPSA) is 0 Å². The first-order valence-corrected chi connectivity index (χ1v) is 2.49. The van der Waals surface area contributed by atoms with Crippen molar-refractivity contribution in [3.63, 3.8) is 0 Å². The standard InChI is InChI=1S/C6H7F3/c1-2-3-4-5(7)6(8)9/h2H,1,3-4H2. The Hall–Kier alpha value is -0.730. The Balaban J connectivity index is 3.62. The van der Waals surface area contributed by atoms with Gasteiger partial charge in [-0.15, -0.1) is 6.58 Å². The number of hydrogen-bond donors (Lipinski definition) is 0. The molecule has 0 unspecified atom stereocenters. The molecule has 0 aliphatic carbocycles. The van der Waals surface area contributed by atoms with Gasteiger partial charge in [-0.2, -0.15) is 8.78 Å². The van der Waals surface area contributed by atoms with E-state index >= 15 is 0 Å². The molecule has 0 aromatic heterocycles. The maximum atomic E-state index is 11.8. The van der Waals surface area contributed by atoms with Gasteiger partial charge in [0.05, 0.1) is 0 Å². The molecule has 0 atom stereocenters. The van der Waals surface area contributed by atoms with E-state index in [0.717, 1.165) is 0 Å². The van der Waals surface area contributed by atoms with Crippen LogP contribution in [-0.4, -0.2) is 0 Å². The van der Waals surface area contributed by atoms with E-state index in [1.54, 1.807) is 0 Å². The summed E-state index contributed by atoms with van der Waals surface area (Å²) >= 11 is 0. The first-order valence-electron chi connectivity index (χ1n) is 2.49. The van der Waals surface area contributed by atoms with Crippen LogP contribution in [0.4, 0.5) is 13.2 Å². The summed E-state index contributed by atoms with van der Waals surface area (Å²) in [5.41, 5.74) is 0. The molecule has 0 aliphatic heterocycles. The van der Waals surface area contributed by atoms with Gasteiger partial charge in [0.25, 0.3) is 0 Å². The van der Waals surface area contributed by atoms with E-state index in [2.05, 4.69) is 6.58 Å². The number of allylic oxidation sites excluding steroid dienone is 2. The van der Waals surface area contributed by atoms with Crippen molar-refractivity contribution in [3.8, 4) is 0 Å². The fourth-order valence-electron chi connectivity index (χ4n) is 0.323. The first-order chi connectivity index (χ1) is 4.18. The summed E-state index contributed by atoms with van der Waals surface area (Å²) in [6.07, 6.45) is -0.825. The van der Waals surface area contributed by atoms with Crippen molar-refractivity contribution in [1.29, 1.82) is 0 Å². The minimum absolute atomic E-state index is 0.244. The van der Waals surface area contributed by atoms with Crippen LogP contribution in [0.25, 0.3) is 0 Å². The minimum atomic E-state index is -2.23. The highest BCUT2D eigenvalue weighted by atomic mass is 19.3. The summed E-state index contributed by atoms with van der Waals surface area (Å²) in [7, 11) is 0. The molecule has 0 aliphatic rings. The predicted molar refractivity (Wildman–Crippen MR) is 29.8 cm³/mol. The van der Waals surface area contributed by atoms with E-state index in [0.29, 0.717) is 0 Å². The Morgan fingerprint density at radius 3 is 2.22 bits per heavy atom. The van der Waals surface area contributed by atoms with Gasteiger partial charge in [0.15, 0.2) is 5.83 Å². The van der Waals surface area contributed by atoms with E-state index in [1.807, 2.05) is 0 Å². The van der Waals surface area contributed by atoms with Gasteiger partial charge in [0, 0.05) is 6.42 Å². The molecule has 0 amide bonds. The number of rotatable bonds is 3. The van der Waals surface area contributed by atoms with Crippen molar-refractivity contribution in [1.82, 2.24) is 0 Å². The quantitative estimate of drug-likeness (QED) is 0.523. The van der Waals surface area contributed by atoms with Crippen LogP contribution in [0.3, 0.4) is 0 Å². The van der Waals surface area contributed by atoms with Gasteiger partial charge in [0.1, 0.15) is 0 Å². The molecule has 52 valence electrons. The molecular formula is C6H7F3. The summed E-state index contributed by atoms with van der Waals surface area (Å²) in [5.74, 6) is -1.34. The predicted octanol–water partition coefficient (Wildman–Crippen LogP) is 3.03. The molecule has 0 aromatic carbocycles. The van der Waals surface area contributed by atoms with Gasteiger partial charge in [-0.3, -0.25) is 0 Å². The Kier molecular flexibility index (Phi) is 3.84. The molecule has 0 bridgehead atoms. The molecule has 0 nitrogen and oxygen atoms in total. The maximum Gasteiger partial charge on any atom is 0.301 e. The second kappa shape index (κ2) is 4.18. The molecular weight excluding hydrogens is 129 g/mol. The van der Waals surface area contributed by atoms with Gasteiger partial charge < -0.3 is 0 Å². The van der Waals surface area contributed by atoms with Crippen molar-refractivity contribution < 1.29 is 13.2 Å². The van der Waals surface area contributed by atoms with E-state index in [4.69, 9.17) is 0 Å². The Morgan fingerprint density at radius 1 is 1.33 bits per heavy atom. The Morgan fingerprint density at radius 2 is 1.89 bits per heavy atom. The highest BCUT2D eigenvalue weighted by molar-refractivity contribution is 4.92. The first kappa shape index (κ1) is 8.27. The molecule has 3 heteroatoms. The molecule has 9 heavy (non-hydrogen) atoms. The van der Waals surface area contributed by atoms with Gasteiger partial charge in [0.2, 0.25) is 0 Å². The van der Waals surface area contributed by atoms with E-state index in [1.165, 1.54) is 6.08 Å². The average Bonchev–Trinajstić information content (AvgIpc) is 1.82. The molecule has 0 heterocycles. The van der Waals surface area contributed by atoms with Gasteiger partial charge in [-0.05, 0) is 6.42 Å². The smallest absolute Gasteiger partial charge is 0.206 e. The largest absolute Gasteiger partial charge is 0.301 e. The Labute approximate surface area is 51.7 Å². The molecule has 0 N–H and O–H groups in total. The lowest BCUT2D eigenvalue weighted by molar-refractivity contribution is 0.371. The van der Waals surface area contributed by atoms with Crippen LogP contribution in [0.15, 0.2) is 24.6 Å². The van der Waals surface area contributed by atoms with Crippen molar-refractivity contribution in [2.45, 2.75) is 12.8 Å². The zero-order chi connectivity index (χ0) is 7.28. The summed E-state index contributed by atoms with van der Waals surface area (Å²) in [5, 5.41) is 0. The second-order valence-corrected chi connectivity index (χ2v) is 1.49. The third-order valence-electron chi connectivity index (χ3n) is 0.773. The summed E-state index contributed by atoms with van der Waals surface area (Å²) in [6.45, 7) is 3.26. The highest BCUT2D eigenvalue weighted by Crippen LogP contribution is 2.14. The van der Waals surface area contributed by atoms with Crippen molar-refractivity contribution in [3.05, 3.63) is 24.6 Å². The normalized spacial score (nSPS) is 8.78. The van der Waals surface area contributed by atoms with Crippen LogP contribution in [0.2, 0.25) is 0 Å². The fraction of sp³-hybridized carbons (Fsp3) is 0.333. The molecule has 0 saturated carbocycles. The molecule has 0 saturated heterocycles. The van der Waals surface area contributed by atoms with Gasteiger partial charge in [-0.1, -0.05) is 6.08 Å². The highest BCUT2D eigenvalue weighted by Gasteiger charge is 2.01. The minimum Gasteiger partial charge on any atom is -0.206 e. The SMILES string of the molecule is C=CCCC(F)=C(F)F. The molecule has 0 spiro atoms. The lowest BCUT2D eigenvalue weighted by atomic mass is 10.3. The summed E-state index contributed by atoms with van der Waals surface area (Å²) in [6, 6.07) is 0. The number of halogens is 3. The van der Waals surface area contributed by atoms with Crippen LogP contribution in [0.1, 0.15) is 12.8 Å². The molecule has 0 fully saturated rings. The van der Waals surface area contributed by atoms with Crippen molar-refractivity contribution in [2.75, 3.05) is 0 Å². The van der Waals surface area contributed by atoms with E-state index in [9.17, 15) is 13.2 Å². The molecule has 0 radical (unpaired) electrons. The molecule has 0 rings (SSSR count). The Bertz CT molecular complexity index is 122. The van der Waals surface area contributed by atoms with Crippen LogP contribution in [0, 0.1) is 0 Å². The zero-order valence-corrected chi connectivity index (χ0v) is 4.83. The summed E-state index contributed by atoms with van der Waals surface area (Å²) < 4.78 is 34.2. The fourth-order valence-corrected chi connectivity index (χ4v) is 0.323. The third kappa shape index (κ3) is 3.82. The third-order valence-corrected chi connectivity index (χ3v) is 0.773. The zero-order valence-electron chi connectivity index (χ0n) is 4.83. The van der Waals surface area contributed by atoms with Crippen molar-refractivity contribution in [2.24, 2.45) is 0 Å². The van der Waals surface area contributed by atoms with Crippen LogP contribution in [0.5, 0.6) is 0 Å². The number of hydrogen-bond acceptors (Lipinski definition) is 0. The van der Waals surface area contributed by atoms with E-state index in [-0.39, 0.29) is 12.8 Å². The average molecular weight is 136 g/mol. The lowest BCUT2D eigenvalue weighted by Crippen LogP contribution is -1.74. The van der Waals surface area contributed by atoms with Crippen molar-refractivity contribution >= 4 is 0 Å². The second-order valence-electron chi connectivity index (χ2n) is 1.49. The van der Waals surface area contributed by atoms with Gasteiger partial charge in [-0.25, -0.2) is 4.39 Å². The van der Waals surface area contributed by atoms with Crippen LogP contribution >= 0.6 is 0 Å². The van der Waals surface area contributed by atoms with Crippen LogP contribution < -0.4 is 0 Å².